The van der Waals surface area contributed by atoms with Gasteiger partial charge < -0.3 is 20.9 Å². The van der Waals surface area contributed by atoms with Gasteiger partial charge in [0.1, 0.15) is 0 Å². The number of nitrogen functional groups attached to an aromatic ring is 1. The van der Waals surface area contributed by atoms with Crippen molar-refractivity contribution in [3.63, 3.8) is 0 Å². The molecule has 0 spiro atoms. The molecular weight excluding hydrogens is 522 g/mol. The number of amides is 1. The minimum absolute atomic E-state index is 0.0152. The third-order valence-electron chi connectivity index (χ3n) is 7.89. The van der Waals surface area contributed by atoms with E-state index in [9.17, 15) is 31.1 Å². The first kappa shape index (κ1) is 28.9. The summed E-state index contributed by atoms with van der Waals surface area (Å²) in [5.74, 6) is 0.291. The molecule has 11 heteroatoms. The highest BCUT2D eigenvalue weighted by atomic mass is 19.4. The summed E-state index contributed by atoms with van der Waals surface area (Å²) in [6, 6.07) is 9.03. The zero-order chi connectivity index (χ0) is 28.4. The van der Waals surface area contributed by atoms with Crippen LogP contribution in [0, 0.1) is 11.8 Å². The molecule has 1 heterocycles. The van der Waals surface area contributed by atoms with Crippen LogP contribution in [0.15, 0.2) is 42.5 Å². The maximum atomic E-state index is 13.2. The van der Waals surface area contributed by atoms with Gasteiger partial charge >= 0.3 is 12.4 Å². The molecular formula is C28H34F6N4O. The summed E-state index contributed by atoms with van der Waals surface area (Å²) in [5.41, 5.74) is 4.79. The fourth-order valence-corrected chi connectivity index (χ4v) is 5.64. The highest BCUT2D eigenvalue weighted by Gasteiger charge is 2.34. The van der Waals surface area contributed by atoms with E-state index >= 15 is 0 Å². The van der Waals surface area contributed by atoms with Crippen LogP contribution in [0.3, 0.4) is 0 Å². The van der Waals surface area contributed by atoms with Crippen LogP contribution in [0.5, 0.6) is 0 Å². The normalized spacial score (nSPS) is 21.1. The van der Waals surface area contributed by atoms with E-state index in [4.69, 9.17) is 5.73 Å². The molecule has 0 radical (unpaired) electrons. The van der Waals surface area contributed by atoms with Crippen LogP contribution >= 0.6 is 0 Å². The van der Waals surface area contributed by atoms with Gasteiger partial charge in [-0.15, -0.1) is 0 Å². The SMILES string of the molecule is CN(CC1CCN(c2ccc(C(F)(F)F)cc2)CC1)C(=O)C1CCC(Nc2ccc(N)c(C(F)(F)F)c2)CC1. The Balaban J connectivity index is 1.21. The van der Waals surface area contributed by atoms with Gasteiger partial charge in [0.05, 0.1) is 11.1 Å². The second-order valence-electron chi connectivity index (χ2n) is 10.7. The van der Waals surface area contributed by atoms with Crippen LogP contribution in [0.2, 0.25) is 0 Å². The van der Waals surface area contributed by atoms with Crippen LogP contribution in [0.1, 0.15) is 49.7 Å². The average Bonchev–Trinajstić information content (AvgIpc) is 2.89. The Morgan fingerprint density at radius 3 is 2.10 bits per heavy atom. The number of carbonyl (C=O) groups is 1. The summed E-state index contributed by atoms with van der Waals surface area (Å²) < 4.78 is 77.9. The molecule has 0 unspecified atom stereocenters. The predicted octanol–water partition coefficient (Wildman–Crippen LogP) is 6.65. The fraction of sp³-hybridized carbons (Fsp3) is 0.536. The first-order valence-corrected chi connectivity index (χ1v) is 13.2. The summed E-state index contributed by atoms with van der Waals surface area (Å²) in [6.45, 7) is 2.07. The van der Waals surface area contributed by atoms with Crippen LogP contribution in [-0.4, -0.2) is 43.5 Å². The van der Waals surface area contributed by atoms with Crippen molar-refractivity contribution in [1.82, 2.24) is 4.90 Å². The van der Waals surface area contributed by atoms with Gasteiger partial charge in [-0.05, 0) is 86.9 Å². The Labute approximate surface area is 224 Å². The number of nitrogens with one attached hydrogen (secondary N) is 1. The number of nitrogens with zero attached hydrogens (tertiary/aromatic N) is 2. The number of hydrogen-bond donors (Lipinski definition) is 2. The van der Waals surface area contributed by atoms with Crippen molar-refractivity contribution in [3.05, 3.63) is 53.6 Å². The molecule has 2 aromatic rings. The Bertz CT molecular complexity index is 1120. The van der Waals surface area contributed by atoms with Crippen molar-refractivity contribution in [2.45, 2.75) is 56.9 Å². The van der Waals surface area contributed by atoms with Crippen molar-refractivity contribution in [2.24, 2.45) is 11.8 Å². The number of alkyl halides is 6. The summed E-state index contributed by atoms with van der Waals surface area (Å²) in [5, 5.41) is 3.16. The van der Waals surface area contributed by atoms with Gasteiger partial charge in [-0.25, -0.2) is 0 Å². The lowest BCUT2D eigenvalue weighted by Gasteiger charge is -2.37. The van der Waals surface area contributed by atoms with E-state index in [-0.39, 0.29) is 23.6 Å². The summed E-state index contributed by atoms with van der Waals surface area (Å²) in [7, 11) is 1.81. The molecule has 1 saturated carbocycles. The van der Waals surface area contributed by atoms with Gasteiger partial charge in [-0.2, -0.15) is 26.3 Å². The van der Waals surface area contributed by atoms with E-state index in [0.29, 0.717) is 43.8 Å². The van der Waals surface area contributed by atoms with Crippen LogP contribution in [0.25, 0.3) is 0 Å². The topological polar surface area (TPSA) is 61.6 Å². The molecule has 2 fully saturated rings. The van der Waals surface area contributed by atoms with Crippen LogP contribution in [0.4, 0.5) is 43.4 Å². The lowest BCUT2D eigenvalue weighted by atomic mass is 9.84. The van der Waals surface area contributed by atoms with Crippen molar-refractivity contribution >= 4 is 23.0 Å². The minimum atomic E-state index is -4.52. The van der Waals surface area contributed by atoms with Gasteiger partial charge in [0.15, 0.2) is 0 Å². The number of hydrogen-bond acceptors (Lipinski definition) is 4. The molecule has 1 saturated heterocycles. The molecule has 1 aliphatic carbocycles. The predicted molar refractivity (Wildman–Crippen MR) is 139 cm³/mol. The third-order valence-corrected chi connectivity index (χ3v) is 7.89. The number of halogens is 6. The Kier molecular flexibility index (Phi) is 8.56. The highest BCUT2D eigenvalue weighted by molar-refractivity contribution is 5.78. The molecule has 1 amide bonds. The summed E-state index contributed by atoms with van der Waals surface area (Å²) in [4.78, 5) is 17.0. The number of nitrogens with two attached hydrogens (primary N) is 1. The summed E-state index contributed by atoms with van der Waals surface area (Å²) >= 11 is 0. The zero-order valence-electron chi connectivity index (χ0n) is 21.8. The number of anilines is 3. The zero-order valence-corrected chi connectivity index (χ0v) is 21.8. The number of carbonyl (C=O) groups excluding carboxylic acids is 1. The quantitative estimate of drug-likeness (QED) is 0.309. The number of benzene rings is 2. The third kappa shape index (κ3) is 7.30. The van der Waals surface area contributed by atoms with Crippen LogP contribution in [-0.2, 0) is 17.1 Å². The molecule has 2 aromatic carbocycles. The van der Waals surface area contributed by atoms with Gasteiger partial charge in [0.2, 0.25) is 5.91 Å². The first-order valence-electron chi connectivity index (χ1n) is 13.2. The maximum Gasteiger partial charge on any atom is 0.418 e. The fourth-order valence-electron chi connectivity index (χ4n) is 5.64. The van der Waals surface area contributed by atoms with E-state index in [2.05, 4.69) is 10.2 Å². The second-order valence-corrected chi connectivity index (χ2v) is 10.7. The van der Waals surface area contributed by atoms with Crippen LogP contribution < -0.4 is 16.0 Å². The van der Waals surface area contributed by atoms with Crippen molar-refractivity contribution in [2.75, 3.05) is 42.6 Å². The Morgan fingerprint density at radius 2 is 1.54 bits per heavy atom. The maximum absolute atomic E-state index is 13.2. The molecule has 4 rings (SSSR count). The Morgan fingerprint density at radius 1 is 0.923 bits per heavy atom. The molecule has 3 N–H and O–H groups in total. The van der Waals surface area contributed by atoms with Gasteiger partial charge in [0, 0.05) is 55.7 Å². The van der Waals surface area contributed by atoms with E-state index in [0.717, 1.165) is 49.8 Å². The molecule has 0 aromatic heterocycles. The lowest BCUT2D eigenvalue weighted by molar-refractivity contribution is -0.138. The van der Waals surface area contributed by atoms with E-state index in [1.807, 2.05) is 7.05 Å². The van der Waals surface area contributed by atoms with Crippen molar-refractivity contribution < 1.29 is 31.1 Å². The number of rotatable bonds is 6. The molecule has 5 nitrogen and oxygen atoms in total. The van der Waals surface area contributed by atoms with Gasteiger partial charge in [-0.3, -0.25) is 4.79 Å². The monoisotopic (exact) mass is 556 g/mol. The molecule has 0 bridgehead atoms. The molecule has 1 aliphatic heterocycles. The van der Waals surface area contributed by atoms with E-state index in [1.165, 1.54) is 18.2 Å². The summed E-state index contributed by atoms with van der Waals surface area (Å²) in [6.07, 6.45) is -4.50. The van der Waals surface area contributed by atoms with E-state index < -0.39 is 23.5 Å². The van der Waals surface area contributed by atoms with Gasteiger partial charge in [-0.1, -0.05) is 0 Å². The van der Waals surface area contributed by atoms with Crippen molar-refractivity contribution in [1.29, 1.82) is 0 Å². The van der Waals surface area contributed by atoms with Gasteiger partial charge in [0.25, 0.3) is 0 Å². The number of piperidine rings is 1. The second kappa shape index (κ2) is 11.6. The Hall–Kier alpha value is -3.11. The molecule has 0 atom stereocenters. The highest BCUT2D eigenvalue weighted by Crippen LogP contribution is 2.36. The van der Waals surface area contributed by atoms with E-state index in [1.54, 1.807) is 11.0 Å². The molecule has 214 valence electrons. The smallest absolute Gasteiger partial charge is 0.398 e. The van der Waals surface area contributed by atoms with Crippen molar-refractivity contribution in [3.8, 4) is 0 Å². The minimum Gasteiger partial charge on any atom is -0.398 e. The molecule has 2 aliphatic rings. The first-order chi connectivity index (χ1) is 18.3. The largest absolute Gasteiger partial charge is 0.418 e. The standard InChI is InChI=1S/C28H34F6N4O/c1-37(17-18-12-14-38(15-13-18)23-9-4-20(5-10-23)27(29,30)31)26(39)19-2-6-21(7-3-19)36-22-8-11-25(35)24(16-22)28(32,33)34/h4-5,8-11,16,18-19,21,36H,2-3,6-7,12-15,17,35H2,1H3. The average molecular weight is 557 g/mol. The molecule has 39 heavy (non-hydrogen) atoms. The lowest BCUT2D eigenvalue weighted by Crippen LogP contribution is -2.42.